The van der Waals surface area contributed by atoms with Gasteiger partial charge in [-0.05, 0) is 156 Å². The van der Waals surface area contributed by atoms with Crippen molar-refractivity contribution in [1.29, 1.82) is 0 Å². The zero-order valence-corrected chi connectivity index (χ0v) is 41.2. The molecule has 0 unspecified atom stereocenters. The van der Waals surface area contributed by atoms with Gasteiger partial charge in [-0.15, -0.1) is 11.3 Å². The Morgan fingerprint density at radius 1 is 0.451 bits per heavy atom. The van der Waals surface area contributed by atoms with Crippen LogP contribution in [0.5, 0.6) is 0 Å². The van der Waals surface area contributed by atoms with E-state index in [1.165, 1.54) is 104 Å². The van der Waals surface area contributed by atoms with E-state index in [1.54, 1.807) is 11.3 Å². The van der Waals surface area contributed by atoms with Crippen LogP contribution in [0.3, 0.4) is 0 Å². The molecule has 1 aromatic heterocycles. The summed E-state index contributed by atoms with van der Waals surface area (Å²) in [6.07, 6.45) is 6.84. The number of hydrogen-bond acceptors (Lipinski definition) is 4. The van der Waals surface area contributed by atoms with Crippen LogP contribution in [-0.4, -0.2) is 4.98 Å². The Balaban J connectivity index is 1.07. The van der Waals surface area contributed by atoms with Crippen molar-refractivity contribution in [3.05, 3.63) is 240 Å². The van der Waals surface area contributed by atoms with Crippen LogP contribution in [-0.2, 0) is 10.8 Å². The Kier molecular flexibility index (Phi) is 9.28. The van der Waals surface area contributed by atoms with Crippen LogP contribution in [0, 0.1) is 0 Å². The molecule has 0 N–H and O–H groups in total. The van der Waals surface area contributed by atoms with Gasteiger partial charge in [0.15, 0.2) is 0 Å². The first kappa shape index (κ1) is 41.9. The molecule has 0 amide bonds. The number of para-hydroxylation sites is 4. The van der Waals surface area contributed by atoms with Gasteiger partial charge in [0, 0.05) is 33.5 Å². The summed E-state index contributed by atoms with van der Waals surface area (Å²) >= 11 is 1.75. The van der Waals surface area contributed by atoms with Gasteiger partial charge in [-0.2, -0.15) is 0 Å². The predicted molar refractivity (Wildman–Crippen MR) is 302 cm³/mol. The number of rotatable bonds is 5. The van der Waals surface area contributed by atoms with Crippen LogP contribution >= 0.6 is 11.3 Å². The van der Waals surface area contributed by atoms with Crippen molar-refractivity contribution in [2.45, 2.75) is 51.4 Å². The fourth-order valence-corrected chi connectivity index (χ4v) is 13.4. The number of allylic oxidation sites excluding steroid dienone is 3. The van der Waals surface area contributed by atoms with Crippen molar-refractivity contribution >= 4 is 82.3 Å². The highest BCUT2D eigenvalue weighted by Crippen LogP contribution is 2.55. The lowest BCUT2D eigenvalue weighted by Crippen LogP contribution is -2.34. The molecule has 0 bridgehead atoms. The van der Waals surface area contributed by atoms with E-state index in [1.807, 2.05) is 0 Å². The van der Waals surface area contributed by atoms with Crippen molar-refractivity contribution in [3.63, 3.8) is 0 Å². The number of thiazole rings is 1. The quantitative estimate of drug-likeness (QED) is 0.160. The highest BCUT2D eigenvalue weighted by Gasteiger charge is 2.39. The summed E-state index contributed by atoms with van der Waals surface area (Å²) in [4.78, 5) is 10.1. The number of nitrogens with zero attached hydrogens (tertiary/aromatic N) is 3. The summed E-state index contributed by atoms with van der Waals surface area (Å²) < 4.78 is 1.20. The Labute approximate surface area is 419 Å². The van der Waals surface area contributed by atoms with Gasteiger partial charge in [0.2, 0.25) is 0 Å². The zero-order valence-electron chi connectivity index (χ0n) is 40.4. The van der Waals surface area contributed by atoms with Gasteiger partial charge in [-0.1, -0.05) is 173 Å². The lowest BCUT2D eigenvalue weighted by Gasteiger charge is -2.44. The van der Waals surface area contributed by atoms with E-state index in [4.69, 9.17) is 4.98 Å². The molecule has 71 heavy (non-hydrogen) atoms. The normalized spacial score (nSPS) is 15.5. The average molecular weight is 930 g/mol. The fourth-order valence-electron chi connectivity index (χ4n) is 12.4. The SMILES string of the molecule is CC1(C)C2=C(C=CCC2)N(c2ccc3c(-c4ccc5ccccc5c4)c4cc(N5c6ccccc6C(C)(C)c6ccccc65)ccc4c(-c4ccc(-c5nc6ccccc6s5)cc4)c3c2)c2ccccc21. The second-order valence-corrected chi connectivity index (χ2v) is 21.6. The maximum Gasteiger partial charge on any atom is 0.124 e. The molecule has 0 saturated carbocycles. The van der Waals surface area contributed by atoms with E-state index < -0.39 is 0 Å². The summed E-state index contributed by atoms with van der Waals surface area (Å²) in [5.74, 6) is 0. The van der Waals surface area contributed by atoms with Gasteiger partial charge < -0.3 is 9.80 Å². The second-order valence-electron chi connectivity index (χ2n) is 20.6. The third-order valence-electron chi connectivity index (χ3n) is 15.9. The first-order valence-electron chi connectivity index (χ1n) is 25.0. The molecule has 0 saturated heterocycles. The van der Waals surface area contributed by atoms with E-state index in [-0.39, 0.29) is 10.8 Å². The van der Waals surface area contributed by atoms with Crippen molar-refractivity contribution in [2.75, 3.05) is 9.80 Å². The molecule has 2 aliphatic heterocycles. The van der Waals surface area contributed by atoms with Gasteiger partial charge in [-0.3, -0.25) is 0 Å². The third-order valence-corrected chi connectivity index (χ3v) is 17.0. The molecule has 10 aromatic carbocycles. The molecule has 0 spiro atoms. The van der Waals surface area contributed by atoms with Crippen LogP contribution in [0.2, 0.25) is 0 Å². The zero-order chi connectivity index (χ0) is 47.6. The predicted octanol–water partition coefficient (Wildman–Crippen LogP) is 18.9. The Hall–Kier alpha value is -8.05. The highest BCUT2D eigenvalue weighted by atomic mass is 32.1. The minimum Gasteiger partial charge on any atom is -0.310 e. The van der Waals surface area contributed by atoms with E-state index in [9.17, 15) is 0 Å². The van der Waals surface area contributed by atoms with Crippen LogP contribution in [0.4, 0.5) is 28.4 Å². The smallest absolute Gasteiger partial charge is 0.124 e. The lowest BCUT2D eigenvalue weighted by molar-refractivity contribution is 0.571. The number of hydrogen-bond donors (Lipinski definition) is 0. The van der Waals surface area contributed by atoms with Gasteiger partial charge in [0.1, 0.15) is 5.01 Å². The van der Waals surface area contributed by atoms with E-state index >= 15 is 0 Å². The maximum absolute atomic E-state index is 5.07. The number of benzene rings is 10. The fraction of sp³-hybridized carbons (Fsp3) is 0.119. The molecule has 3 aliphatic rings. The molecular weight excluding hydrogens is 879 g/mol. The summed E-state index contributed by atoms with van der Waals surface area (Å²) in [5, 5.41) is 8.37. The molecular formula is C67H51N3S. The van der Waals surface area contributed by atoms with Gasteiger partial charge in [-0.25, -0.2) is 4.98 Å². The Bertz CT molecular complexity index is 3990. The molecule has 4 heteroatoms. The minimum atomic E-state index is -0.162. The first-order valence-corrected chi connectivity index (χ1v) is 25.8. The summed E-state index contributed by atoms with van der Waals surface area (Å²) in [5.41, 5.74) is 19.5. The molecule has 0 atom stereocenters. The summed E-state index contributed by atoms with van der Waals surface area (Å²) in [6.45, 7) is 9.54. The van der Waals surface area contributed by atoms with Crippen LogP contribution in [0.15, 0.2) is 224 Å². The van der Waals surface area contributed by atoms with Gasteiger partial charge in [0.05, 0.1) is 27.3 Å². The Morgan fingerprint density at radius 3 is 1.66 bits per heavy atom. The number of aromatic nitrogens is 1. The molecule has 3 heterocycles. The largest absolute Gasteiger partial charge is 0.310 e. The van der Waals surface area contributed by atoms with Crippen molar-refractivity contribution in [1.82, 2.24) is 4.98 Å². The van der Waals surface area contributed by atoms with Crippen LogP contribution < -0.4 is 9.80 Å². The monoisotopic (exact) mass is 929 g/mol. The molecule has 0 fully saturated rings. The van der Waals surface area contributed by atoms with Crippen LogP contribution in [0.1, 0.15) is 57.2 Å². The van der Waals surface area contributed by atoms with Gasteiger partial charge in [0.25, 0.3) is 0 Å². The van der Waals surface area contributed by atoms with Crippen molar-refractivity contribution in [2.24, 2.45) is 0 Å². The highest BCUT2D eigenvalue weighted by molar-refractivity contribution is 7.21. The van der Waals surface area contributed by atoms with E-state index in [0.717, 1.165) is 40.3 Å². The molecule has 14 rings (SSSR count). The molecule has 1 aliphatic carbocycles. The van der Waals surface area contributed by atoms with Gasteiger partial charge >= 0.3 is 0 Å². The van der Waals surface area contributed by atoms with Crippen molar-refractivity contribution < 1.29 is 0 Å². The number of fused-ring (bicyclic) bond motifs is 7. The molecule has 11 aromatic rings. The molecule has 340 valence electrons. The minimum absolute atomic E-state index is 0.0808. The molecule has 3 nitrogen and oxygen atoms in total. The van der Waals surface area contributed by atoms with Crippen molar-refractivity contribution in [3.8, 4) is 32.8 Å². The van der Waals surface area contributed by atoms with E-state index in [2.05, 4.69) is 250 Å². The lowest BCUT2D eigenvalue weighted by atomic mass is 9.70. The summed E-state index contributed by atoms with van der Waals surface area (Å²) in [6, 6.07) is 75.0. The Morgan fingerprint density at radius 2 is 0.986 bits per heavy atom. The first-order chi connectivity index (χ1) is 34.7. The summed E-state index contributed by atoms with van der Waals surface area (Å²) in [7, 11) is 0. The standard InChI is InChI=1S/C67H51N3S/c1-66(2)53-19-7-12-24-58(53)69(59-25-13-8-20-54(59)66)47-36-38-50-51(40-47)63(43-30-32-44(33-31-43)65-68-57-23-11-16-28-62(57)71-65)49-37-35-48(41-52(49)64(50)46-34-29-42-17-5-6-18-45(42)39-46)70-60-26-14-9-21-55(60)67(3,4)56-22-10-15-27-61(56)70/h5-7,9-19,21-41H,8,20H2,1-4H3. The average Bonchev–Trinajstić information content (AvgIpc) is 3.85. The third kappa shape index (κ3) is 6.37. The topological polar surface area (TPSA) is 19.4 Å². The number of anilines is 5. The van der Waals surface area contributed by atoms with Crippen LogP contribution in [0.25, 0.3) is 75.4 Å². The maximum atomic E-state index is 5.07. The van der Waals surface area contributed by atoms with E-state index in [0.29, 0.717) is 0 Å². The molecule has 0 radical (unpaired) electrons. The second kappa shape index (κ2) is 15.7.